The number of aliphatic hydroxyl groups excluding tert-OH is 1. The first-order chi connectivity index (χ1) is 8.52. The summed E-state index contributed by atoms with van der Waals surface area (Å²) in [6.07, 6.45) is -0.642. The largest absolute Gasteiger partial charge is 0.388 e. The Morgan fingerprint density at radius 3 is 2.67 bits per heavy atom. The van der Waals surface area contributed by atoms with E-state index in [1.54, 1.807) is 31.2 Å². The number of nitriles is 1. The molecule has 0 aliphatic rings. The maximum absolute atomic E-state index is 11.6. The number of carbonyl (C=O) groups excluding carboxylic acids is 1. The molecule has 0 saturated heterocycles. The molecule has 0 spiro atoms. The van der Waals surface area contributed by atoms with E-state index in [1.807, 2.05) is 6.07 Å². The summed E-state index contributed by atoms with van der Waals surface area (Å²) in [5.41, 5.74) is 0.641. The highest BCUT2D eigenvalue weighted by Crippen LogP contribution is 2.19. The molecule has 0 aliphatic heterocycles. The summed E-state index contributed by atoms with van der Waals surface area (Å²) in [4.78, 5) is 11.6. The van der Waals surface area contributed by atoms with Gasteiger partial charge in [-0.05, 0) is 24.6 Å². The number of hydrogen-bond donors (Lipinski definition) is 2. The summed E-state index contributed by atoms with van der Waals surface area (Å²) < 4.78 is 0. The zero-order valence-corrected chi connectivity index (χ0v) is 10.8. The van der Waals surface area contributed by atoms with E-state index in [2.05, 4.69) is 5.32 Å². The fourth-order valence-corrected chi connectivity index (χ4v) is 1.63. The van der Waals surface area contributed by atoms with Crippen LogP contribution in [0.3, 0.4) is 0 Å². The van der Waals surface area contributed by atoms with Crippen molar-refractivity contribution in [3.63, 3.8) is 0 Å². The smallest absolute Gasteiger partial charge is 0.223 e. The average molecular weight is 267 g/mol. The normalized spacial score (nSPS) is 13.4. The number of nitrogens with one attached hydrogen (secondary N) is 1. The number of nitrogens with zero attached hydrogens (tertiary/aromatic N) is 1. The summed E-state index contributed by atoms with van der Waals surface area (Å²) in [5, 5.41) is 21.6. The van der Waals surface area contributed by atoms with Crippen LogP contribution in [-0.2, 0) is 4.79 Å². The number of hydrogen-bond acceptors (Lipinski definition) is 3. The fourth-order valence-electron chi connectivity index (χ4n) is 1.50. The second kappa shape index (κ2) is 7.00. The molecule has 2 N–H and O–H groups in total. The van der Waals surface area contributed by atoms with E-state index in [-0.39, 0.29) is 24.8 Å². The van der Waals surface area contributed by atoms with E-state index in [1.165, 1.54) is 0 Å². The number of rotatable bonds is 5. The first-order valence-corrected chi connectivity index (χ1v) is 6.00. The predicted molar refractivity (Wildman–Crippen MR) is 68.9 cm³/mol. The fraction of sp³-hybridized carbons (Fsp3) is 0.385. The minimum atomic E-state index is -0.864. The highest BCUT2D eigenvalue weighted by Gasteiger charge is 2.14. The Hall–Kier alpha value is -1.57. The van der Waals surface area contributed by atoms with Crippen LogP contribution in [0.25, 0.3) is 0 Å². The molecule has 0 aliphatic carbocycles. The molecule has 0 saturated carbocycles. The lowest BCUT2D eigenvalue weighted by Crippen LogP contribution is -2.33. The van der Waals surface area contributed by atoms with Crippen molar-refractivity contribution in [2.24, 2.45) is 0 Å². The Bertz CT molecular complexity index is 439. The molecule has 1 aromatic carbocycles. The van der Waals surface area contributed by atoms with Crippen LogP contribution in [0, 0.1) is 11.3 Å². The third-order valence-electron chi connectivity index (χ3n) is 2.44. The van der Waals surface area contributed by atoms with Crippen LogP contribution in [0.2, 0.25) is 5.02 Å². The van der Waals surface area contributed by atoms with Crippen LogP contribution in [0.5, 0.6) is 0 Å². The maximum Gasteiger partial charge on any atom is 0.223 e. The lowest BCUT2D eigenvalue weighted by molar-refractivity contribution is -0.123. The lowest BCUT2D eigenvalue weighted by Gasteiger charge is -2.14. The number of aliphatic hydroxyl groups is 1. The first kappa shape index (κ1) is 14.5. The minimum absolute atomic E-state index is 0.0304. The molecular formula is C13H15ClN2O2. The van der Waals surface area contributed by atoms with Crippen LogP contribution in [0.15, 0.2) is 24.3 Å². The molecule has 0 radical (unpaired) electrons. The van der Waals surface area contributed by atoms with Gasteiger partial charge in [-0.3, -0.25) is 4.79 Å². The molecule has 0 bridgehead atoms. The maximum atomic E-state index is 11.6. The quantitative estimate of drug-likeness (QED) is 0.858. The molecule has 1 amide bonds. The molecule has 18 heavy (non-hydrogen) atoms. The first-order valence-electron chi connectivity index (χ1n) is 5.62. The average Bonchev–Trinajstić information content (AvgIpc) is 2.29. The van der Waals surface area contributed by atoms with Gasteiger partial charge in [-0.15, -0.1) is 0 Å². The van der Waals surface area contributed by atoms with Gasteiger partial charge in [0.05, 0.1) is 25.0 Å². The van der Waals surface area contributed by atoms with E-state index >= 15 is 0 Å². The van der Waals surface area contributed by atoms with Crippen molar-refractivity contribution >= 4 is 17.5 Å². The zero-order chi connectivity index (χ0) is 13.5. The van der Waals surface area contributed by atoms with Gasteiger partial charge in [-0.1, -0.05) is 23.7 Å². The van der Waals surface area contributed by atoms with Crippen LogP contribution in [-0.4, -0.2) is 17.1 Å². The SMILES string of the molecule is CC(CC#N)NC(=O)CC(O)c1ccc(Cl)cc1. The molecular weight excluding hydrogens is 252 g/mol. The van der Waals surface area contributed by atoms with Crippen molar-refractivity contribution in [3.05, 3.63) is 34.9 Å². The van der Waals surface area contributed by atoms with E-state index in [4.69, 9.17) is 16.9 Å². The van der Waals surface area contributed by atoms with Crippen LogP contribution in [0.1, 0.15) is 31.4 Å². The van der Waals surface area contributed by atoms with Crippen molar-refractivity contribution in [1.29, 1.82) is 5.26 Å². The van der Waals surface area contributed by atoms with E-state index in [0.29, 0.717) is 10.6 Å². The Labute approximate surface area is 111 Å². The van der Waals surface area contributed by atoms with Crippen molar-refractivity contribution in [3.8, 4) is 6.07 Å². The second-order valence-corrected chi connectivity index (χ2v) is 4.54. The second-order valence-electron chi connectivity index (χ2n) is 4.10. The molecule has 1 aromatic rings. The number of halogens is 1. The topological polar surface area (TPSA) is 73.1 Å². The molecule has 0 fully saturated rings. The Morgan fingerprint density at radius 2 is 2.11 bits per heavy atom. The number of amides is 1. The molecule has 96 valence electrons. The van der Waals surface area contributed by atoms with Gasteiger partial charge in [-0.25, -0.2) is 0 Å². The summed E-state index contributed by atoms with van der Waals surface area (Å²) in [6, 6.07) is 8.45. The van der Waals surface area contributed by atoms with Gasteiger partial charge in [0.1, 0.15) is 0 Å². The van der Waals surface area contributed by atoms with Gasteiger partial charge < -0.3 is 10.4 Å². The molecule has 4 nitrogen and oxygen atoms in total. The highest BCUT2D eigenvalue weighted by atomic mass is 35.5. The zero-order valence-electron chi connectivity index (χ0n) is 10.1. The Morgan fingerprint density at radius 1 is 1.50 bits per heavy atom. The lowest BCUT2D eigenvalue weighted by atomic mass is 10.1. The van der Waals surface area contributed by atoms with Crippen molar-refractivity contribution < 1.29 is 9.90 Å². The summed E-state index contributed by atoms with van der Waals surface area (Å²) >= 11 is 5.73. The van der Waals surface area contributed by atoms with Crippen molar-refractivity contribution in [2.75, 3.05) is 0 Å². The monoisotopic (exact) mass is 266 g/mol. The number of carbonyl (C=O) groups is 1. The van der Waals surface area contributed by atoms with Crippen LogP contribution >= 0.6 is 11.6 Å². The molecule has 0 heterocycles. The summed E-state index contributed by atoms with van der Waals surface area (Å²) in [7, 11) is 0. The van der Waals surface area contributed by atoms with Gasteiger partial charge in [-0.2, -0.15) is 5.26 Å². The summed E-state index contributed by atoms with van der Waals surface area (Å²) in [5.74, 6) is -0.278. The molecule has 1 rings (SSSR count). The molecule has 2 unspecified atom stereocenters. The van der Waals surface area contributed by atoms with Crippen molar-refractivity contribution in [2.45, 2.75) is 31.9 Å². The van der Waals surface area contributed by atoms with E-state index in [9.17, 15) is 9.90 Å². The van der Waals surface area contributed by atoms with Gasteiger partial charge in [0.2, 0.25) is 5.91 Å². The summed E-state index contributed by atoms with van der Waals surface area (Å²) in [6.45, 7) is 1.75. The van der Waals surface area contributed by atoms with Crippen LogP contribution in [0.4, 0.5) is 0 Å². The van der Waals surface area contributed by atoms with E-state index < -0.39 is 6.10 Å². The van der Waals surface area contributed by atoms with E-state index in [0.717, 1.165) is 0 Å². The van der Waals surface area contributed by atoms with Crippen LogP contribution < -0.4 is 5.32 Å². The van der Waals surface area contributed by atoms with Gasteiger partial charge >= 0.3 is 0 Å². The van der Waals surface area contributed by atoms with Gasteiger partial charge in [0.15, 0.2) is 0 Å². The van der Waals surface area contributed by atoms with Gasteiger partial charge in [0, 0.05) is 11.1 Å². The number of benzene rings is 1. The third-order valence-corrected chi connectivity index (χ3v) is 2.69. The molecule has 2 atom stereocenters. The van der Waals surface area contributed by atoms with Gasteiger partial charge in [0.25, 0.3) is 0 Å². The standard InChI is InChI=1S/C13H15ClN2O2/c1-9(6-7-15)16-13(18)8-12(17)10-2-4-11(14)5-3-10/h2-5,9,12,17H,6,8H2,1H3,(H,16,18). The minimum Gasteiger partial charge on any atom is -0.388 e. The Kier molecular flexibility index (Phi) is 5.63. The molecule has 5 heteroatoms. The van der Waals surface area contributed by atoms with Crippen molar-refractivity contribution in [1.82, 2.24) is 5.32 Å². The molecule has 0 aromatic heterocycles. The highest BCUT2D eigenvalue weighted by molar-refractivity contribution is 6.30. The Balaban J connectivity index is 2.49. The third kappa shape index (κ3) is 4.74. The predicted octanol–water partition coefficient (Wildman–Crippen LogP) is 2.18.